The lowest BCUT2D eigenvalue weighted by molar-refractivity contribution is -0.0463. The Balaban J connectivity index is 3.50. The molecule has 0 spiro atoms. The third-order valence-electron chi connectivity index (χ3n) is 3.02. The lowest BCUT2D eigenvalue weighted by atomic mass is 10.1. The topological polar surface area (TPSA) is 51.8 Å². The molecule has 0 fully saturated rings. The summed E-state index contributed by atoms with van der Waals surface area (Å²) < 4.78 is 17.1. The largest absolute Gasteiger partial charge is 0.376 e. The van der Waals surface area contributed by atoms with Crippen molar-refractivity contribution in [1.29, 1.82) is 0 Å². The first-order valence-corrected chi connectivity index (χ1v) is 8.80. The van der Waals surface area contributed by atoms with E-state index in [1.54, 1.807) is 0 Å². The summed E-state index contributed by atoms with van der Waals surface area (Å²) in [4.78, 5) is 0. The highest BCUT2D eigenvalue weighted by Crippen LogP contribution is 2.00. The van der Waals surface area contributed by atoms with Crippen LogP contribution in [0.1, 0.15) is 55.4 Å². The zero-order chi connectivity index (χ0) is 17.9. The van der Waals surface area contributed by atoms with Crippen LogP contribution in [0.4, 0.5) is 0 Å². The summed E-state index contributed by atoms with van der Waals surface area (Å²) in [6, 6.07) is 0. The van der Waals surface area contributed by atoms with Gasteiger partial charge in [0, 0.05) is 24.2 Å². The van der Waals surface area contributed by atoms with Crippen LogP contribution < -0.4 is 10.6 Å². The molecule has 5 heteroatoms. The normalized spacial score (nSPS) is 15.7. The van der Waals surface area contributed by atoms with E-state index in [-0.39, 0.29) is 23.3 Å². The molecular formula is C18H40N2O3. The van der Waals surface area contributed by atoms with Gasteiger partial charge in [-0.1, -0.05) is 0 Å². The van der Waals surface area contributed by atoms with Gasteiger partial charge < -0.3 is 24.8 Å². The van der Waals surface area contributed by atoms with Crippen LogP contribution in [0, 0.1) is 0 Å². The molecule has 0 aliphatic carbocycles. The lowest BCUT2D eigenvalue weighted by Crippen LogP contribution is -2.38. The third-order valence-corrected chi connectivity index (χ3v) is 3.02. The van der Waals surface area contributed by atoms with Crippen molar-refractivity contribution < 1.29 is 14.2 Å². The predicted octanol–water partition coefficient (Wildman–Crippen LogP) is 2.59. The Bertz CT molecular complexity index is 257. The second kappa shape index (κ2) is 11.4. The molecule has 2 N–H and O–H groups in total. The summed E-state index contributed by atoms with van der Waals surface area (Å²) in [5, 5.41) is 6.80. The van der Waals surface area contributed by atoms with Gasteiger partial charge in [-0.3, -0.25) is 0 Å². The van der Waals surface area contributed by atoms with E-state index in [9.17, 15) is 0 Å². The average molecular weight is 333 g/mol. The highest BCUT2D eigenvalue weighted by molar-refractivity contribution is 4.70. The van der Waals surface area contributed by atoms with Crippen molar-refractivity contribution in [2.24, 2.45) is 0 Å². The van der Waals surface area contributed by atoms with E-state index < -0.39 is 0 Å². The van der Waals surface area contributed by atoms with Gasteiger partial charge in [0.25, 0.3) is 0 Å². The van der Waals surface area contributed by atoms with Gasteiger partial charge >= 0.3 is 0 Å². The number of nitrogens with one attached hydrogen (secondary N) is 2. The van der Waals surface area contributed by atoms with Crippen molar-refractivity contribution in [3.05, 3.63) is 0 Å². The van der Waals surface area contributed by atoms with E-state index >= 15 is 0 Å². The van der Waals surface area contributed by atoms with Gasteiger partial charge in [0.15, 0.2) is 0 Å². The molecule has 0 radical (unpaired) electrons. The van der Waals surface area contributed by atoms with Crippen LogP contribution in [-0.2, 0) is 14.2 Å². The first kappa shape index (κ1) is 22.8. The minimum Gasteiger partial charge on any atom is -0.376 e. The van der Waals surface area contributed by atoms with Gasteiger partial charge in [-0.25, -0.2) is 0 Å². The van der Waals surface area contributed by atoms with Crippen molar-refractivity contribution in [2.45, 2.75) is 78.7 Å². The van der Waals surface area contributed by atoms with E-state index in [1.165, 1.54) is 0 Å². The van der Waals surface area contributed by atoms with E-state index in [2.05, 4.69) is 52.2 Å². The second-order valence-corrected chi connectivity index (χ2v) is 8.25. The van der Waals surface area contributed by atoms with Crippen LogP contribution in [0.3, 0.4) is 0 Å². The minimum atomic E-state index is 0.103. The number of hydrogen-bond donors (Lipinski definition) is 2. The van der Waals surface area contributed by atoms with Crippen LogP contribution in [-0.4, -0.2) is 62.8 Å². The molecule has 0 saturated heterocycles. The molecule has 0 aliphatic heterocycles. The number of ether oxygens (including phenoxy) is 3. The van der Waals surface area contributed by atoms with Gasteiger partial charge in [-0.05, 0) is 55.4 Å². The molecule has 0 saturated carbocycles. The zero-order valence-electron chi connectivity index (χ0n) is 16.6. The maximum Gasteiger partial charge on any atom is 0.0781 e. The van der Waals surface area contributed by atoms with Crippen LogP contribution in [0.15, 0.2) is 0 Å². The molecule has 0 rings (SSSR count). The summed E-state index contributed by atoms with van der Waals surface area (Å²) in [5.41, 5.74) is 0.273. The minimum absolute atomic E-state index is 0.103. The molecule has 0 heterocycles. The molecule has 2 unspecified atom stereocenters. The van der Waals surface area contributed by atoms with Crippen LogP contribution in [0.25, 0.3) is 0 Å². The first-order valence-electron chi connectivity index (χ1n) is 8.80. The van der Waals surface area contributed by atoms with E-state index in [4.69, 9.17) is 14.2 Å². The van der Waals surface area contributed by atoms with E-state index in [1.807, 2.05) is 13.8 Å². The summed E-state index contributed by atoms with van der Waals surface area (Å²) in [5.74, 6) is 0. The Hall–Kier alpha value is -0.200. The van der Waals surface area contributed by atoms with Crippen molar-refractivity contribution in [2.75, 3.05) is 39.5 Å². The Kier molecular flexibility index (Phi) is 11.3. The molecular weight excluding hydrogens is 292 g/mol. The summed E-state index contributed by atoms with van der Waals surface area (Å²) in [6.07, 6.45) is 0.207. The quantitative estimate of drug-likeness (QED) is 0.538. The average Bonchev–Trinajstić information content (AvgIpc) is 2.38. The molecule has 0 aliphatic rings. The fraction of sp³-hybridized carbons (Fsp3) is 1.00. The Morgan fingerprint density at radius 3 is 1.35 bits per heavy atom. The van der Waals surface area contributed by atoms with Crippen molar-refractivity contribution in [1.82, 2.24) is 10.6 Å². The molecule has 140 valence electrons. The number of hydrogen-bond acceptors (Lipinski definition) is 5. The highest BCUT2D eigenvalue weighted by atomic mass is 16.6. The van der Waals surface area contributed by atoms with Crippen LogP contribution >= 0.6 is 0 Å². The first-order chi connectivity index (χ1) is 10.5. The van der Waals surface area contributed by atoms with E-state index in [0.29, 0.717) is 26.4 Å². The fourth-order valence-corrected chi connectivity index (χ4v) is 1.87. The van der Waals surface area contributed by atoms with Gasteiger partial charge in [0.2, 0.25) is 0 Å². The maximum absolute atomic E-state index is 5.72. The van der Waals surface area contributed by atoms with Crippen molar-refractivity contribution in [3.63, 3.8) is 0 Å². The SMILES string of the molecule is CC(COCC(C)OCCNC(C)(C)C)OCCNC(C)(C)C. The molecule has 0 aromatic rings. The zero-order valence-corrected chi connectivity index (χ0v) is 16.6. The van der Waals surface area contributed by atoms with Crippen molar-refractivity contribution in [3.8, 4) is 0 Å². The Labute approximate surface area is 143 Å². The fourth-order valence-electron chi connectivity index (χ4n) is 1.87. The van der Waals surface area contributed by atoms with Gasteiger partial charge in [-0.15, -0.1) is 0 Å². The molecule has 2 atom stereocenters. The molecule has 23 heavy (non-hydrogen) atoms. The monoisotopic (exact) mass is 332 g/mol. The molecule has 5 nitrogen and oxygen atoms in total. The third kappa shape index (κ3) is 18.0. The summed E-state index contributed by atoms with van der Waals surface area (Å²) in [6.45, 7) is 21.3. The standard InChI is InChI=1S/C18H40N2O3/c1-15(22-11-9-19-17(3,4)5)13-21-14-16(2)23-12-10-20-18(6,7)8/h15-16,19-20H,9-14H2,1-8H3. The number of rotatable bonds is 12. The Morgan fingerprint density at radius 2 is 1.04 bits per heavy atom. The molecule has 0 aromatic heterocycles. The highest BCUT2D eigenvalue weighted by Gasteiger charge is 2.10. The Morgan fingerprint density at radius 1 is 0.696 bits per heavy atom. The molecule has 0 amide bonds. The van der Waals surface area contributed by atoms with Gasteiger partial charge in [0.1, 0.15) is 0 Å². The van der Waals surface area contributed by atoms with Crippen molar-refractivity contribution >= 4 is 0 Å². The summed E-state index contributed by atoms with van der Waals surface area (Å²) >= 11 is 0. The molecule has 0 bridgehead atoms. The molecule has 0 aromatic carbocycles. The maximum atomic E-state index is 5.72. The van der Waals surface area contributed by atoms with Gasteiger partial charge in [-0.2, -0.15) is 0 Å². The summed E-state index contributed by atoms with van der Waals surface area (Å²) in [7, 11) is 0. The smallest absolute Gasteiger partial charge is 0.0781 e. The second-order valence-electron chi connectivity index (χ2n) is 8.25. The van der Waals surface area contributed by atoms with Gasteiger partial charge in [0.05, 0.1) is 38.6 Å². The van der Waals surface area contributed by atoms with Crippen LogP contribution in [0.5, 0.6) is 0 Å². The predicted molar refractivity (Wildman–Crippen MR) is 97.2 cm³/mol. The van der Waals surface area contributed by atoms with Crippen LogP contribution in [0.2, 0.25) is 0 Å². The lowest BCUT2D eigenvalue weighted by Gasteiger charge is -2.22. The van der Waals surface area contributed by atoms with E-state index in [0.717, 1.165) is 13.1 Å².